The Morgan fingerprint density at radius 1 is 0.972 bits per heavy atom. The van der Waals surface area contributed by atoms with Gasteiger partial charge in [0.1, 0.15) is 12.1 Å². The number of nitro groups is 1. The fraction of sp³-hybridized carbons (Fsp3) is 0.269. The third kappa shape index (κ3) is 4.00. The van der Waals surface area contributed by atoms with E-state index in [9.17, 15) is 24.5 Å². The molecule has 10 heteroatoms. The van der Waals surface area contributed by atoms with Gasteiger partial charge in [0, 0.05) is 44.0 Å². The van der Waals surface area contributed by atoms with E-state index < -0.39 is 22.4 Å². The van der Waals surface area contributed by atoms with Crippen LogP contribution in [0.25, 0.3) is 10.8 Å². The summed E-state index contributed by atoms with van der Waals surface area (Å²) >= 11 is 0. The molecule has 0 aromatic heterocycles. The van der Waals surface area contributed by atoms with Crippen LogP contribution in [0.3, 0.4) is 0 Å². The maximum atomic E-state index is 13.4. The monoisotopic (exact) mass is 487 g/mol. The highest BCUT2D eigenvalue weighted by atomic mass is 16.6. The van der Waals surface area contributed by atoms with Gasteiger partial charge in [-0.3, -0.25) is 24.6 Å². The number of nitro benzene ring substituents is 1. The Hall–Kier alpha value is -4.47. The standard InChI is InChI=1S/C26H25N5O5/c1-26(22-8-4-6-18-5-2-3-7-21(18)22)24(33)30(25(34)27-26)17-23(32)29-15-13-28(14-16-29)19-9-11-20(12-10-19)31(35)36/h2-12H,13-17H2,1H3,(H,27,34). The Balaban J connectivity index is 1.25. The molecule has 0 spiro atoms. The number of anilines is 1. The zero-order valence-electron chi connectivity index (χ0n) is 19.7. The lowest BCUT2D eigenvalue weighted by Crippen LogP contribution is -2.52. The number of carbonyl (C=O) groups is 3. The fourth-order valence-corrected chi connectivity index (χ4v) is 4.92. The zero-order valence-corrected chi connectivity index (χ0v) is 19.7. The predicted molar refractivity (Wildman–Crippen MR) is 133 cm³/mol. The molecular formula is C26H25N5O5. The first-order valence-corrected chi connectivity index (χ1v) is 11.7. The average Bonchev–Trinajstić information content (AvgIpc) is 3.12. The van der Waals surface area contributed by atoms with E-state index in [-0.39, 0.29) is 18.1 Å². The van der Waals surface area contributed by atoms with E-state index in [2.05, 4.69) is 5.32 Å². The minimum atomic E-state index is -1.27. The molecule has 36 heavy (non-hydrogen) atoms. The van der Waals surface area contributed by atoms with E-state index in [1.165, 1.54) is 12.1 Å². The molecule has 2 saturated heterocycles. The molecule has 2 fully saturated rings. The van der Waals surface area contributed by atoms with Gasteiger partial charge in [-0.1, -0.05) is 42.5 Å². The van der Waals surface area contributed by atoms with Gasteiger partial charge in [-0.05, 0) is 35.4 Å². The Kier molecular flexibility index (Phi) is 5.79. The molecule has 2 heterocycles. The van der Waals surface area contributed by atoms with Gasteiger partial charge in [-0.25, -0.2) is 4.79 Å². The Morgan fingerprint density at radius 3 is 2.33 bits per heavy atom. The van der Waals surface area contributed by atoms with Gasteiger partial charge in [0.15, 0.2) is 0 Å². The van der Waals surface area contributed by atoms with E-state index in [0.717, 1.165) is 21.4 Å². The molecule has 0 bridgehead atoms. The number of amides is 4. The second kappa shape index (κ2) is 8.95. The van der Waals surface area contributed by atoms with Crippen molar-refractivity contribution in [3.05, 3.63) is 82.4 Å². The number of urea groups is 1. The fourth-order valence-electron chi connectivity index (χ4n) is 4.92. The van der Waals surface area contributed by atoms with Crippen LogP contribution in [0.5, 0.6) is 0 Å². The van der Waals surface area contributed by atoms with E-state index >= 15 is 0 Å². The third-order valence-corrected chi connectivity index (χ3v) is 6.95. The number of piperazine rings is 1. The minimum absolute atomic E-state index is 0.0246. The van der Waals surface area contributed by atoms with Crippen LogP contribution in [0.2, 0.25) is 0 Å². The summed E-state index contributed by atoms with van der Waals surface area (Å²) in [5.74, 6) is -0.759. The average molecular weight is 488 g/mol. The van der Waals surface area contributed by atoms with Gasteiger partial charge in [-0.2, -0.15) is 0 Å². The lowest BCUT2D eigenvalue weighted by molar-refractivity contribution is -0.384. The van der Waals surface area contributed by atoms with Crippen LogP contribution in [0.1, 0.15) is 12.5 Å². The molecule has 1 atom stereocenters. The van der Waals surface area contributed by atoms with Gasteiger partial charge in [0.05, 0.1) is 4.92 Å². The molecule has 1 N–H and O–H groups in total. The molecule has 0 aliphatic carbocycles. The second-order valence-corrected chi connectivity index (χ2v) is 9.11. The molecular weight excluding hydrogens is 462 g/mol. The van der Waals surface area contributed by atoms with Gasteiger partial charge in [0.25, 0.3) is 11.6 Å². The zero-order chi connectivity index (χ0) is 25.4. The molecule has 2 aliphatic heterocycles. The first kappa shape index (κ1) is 23.3. The number of nitrogens with zero attached hydrogens (tertiary/aromatic N) is 4. The number of fused-ring (bicyclic) bond motifs is 1. The van der Waals surface area contributed by atoms with Crippen LogP contribution >= 0.6 is 0 Å². The number of nitrogens with one attached hydrogen (secondary N) is 1. The van der Waals surface area contributed by atoms with Crippen molar-refractivity contribution in [2.45, 2.75) is 12.5 Å². The van der Waals surface area contributed by atoms with E-state index in [1.807, 2.05) is 47.4 Å². The number of non-ortho nitro benzene ring substituents is 1. The molecule has 1 unspecified atom stereocenters. The van der Waals surface area contributed by atoms with Crippen molar-refractivity contribution in [1.29, 1.82) is 0 Å². The highest BCUT2D eigenvalue weighted by Gasteiger charge is 2.50. The van der Waals surface area contributed by atoms with Crippen molar-refractivity contribution in [3.63, 3.8) is 0 Å². The SMILES string of the molecule is CC1(c2cccc3ccccc23)NC(=O)N(CC(=O)N2CCN(c3ccc([N+](=O)[O-])cc3)CC2)C1=O. The molecule has 4 amide bonds. The largest absolute Gasteiger partial charge is 0.368 e. The second-order valence-electron chi connectivity index (χ2n) is 9.11. The lowest BCUT2D eigenvalue weighted by Gasteiger charge is -2.36. The molecule has 0 radical (unpaired) electrons. The van der Waals surface area contributed by atoms with Crippen LogP contribution in [0, 0.1) is 10.1 Å². The Morgan fingerprint density at radius 2 is 1.64 bits per heavy atom. The van der Waals surface area contributed by atoms with Crippen LogP contribution in [-0.4, -0.2) is 65.3 Å². The van der Waals surface area contributed by atoms with E-state index in [4.69, 9.17) is 0 Å². The number of hydrogen-bond donors (Lipinski definition) is 1. The van der Waals surface area contributed by atoms with Crippen molar-refractivity contribution in [3.8, 4) is 0 Å². The molecule has 10 nitrogen and oxygen atoms in total. The summed E-state index contributed by atoms with van der Waals surface area (Å²) in [7, 11) is 0. The number of hydrogen-bond acceptors (Lipinski definition) is 6. The van der Waals surface area contributed by atoms with Crippen LogP contribution in [0.15, 0.2) is 66.7 Å². The lowest BCUT2D eigenvalue weighted by atomic mass is 9.88. The van der Waals surface area contributed by atoms with Crippen LogP contribution in [-0.2, 0) is 15.1 Å². The normalized spacial score (nSPS) is 20.1. The minimum Gasteiger partial charge on any atom is -0.368 e. The molecule has 2 aliphatic rings. The van der Waals surface area contributed by atoms with Crippen molar-refractivity contribution in [1.82, 2.24) is 15.1 Å². The third-order valence-electron chi connectivity index (χ3n) is 6.95. The molecule has 3 aromatic carbocycles. The van der Waals surface area contributed by atoms with Gasteiger partial charge < -0.3 is 15.1 Å². The first-order chi connectivity index (χ1) is 17.3. The number of imide groups is 1. The van der Waals surface area contributed by atoms with E-state index in [1.54, 1.807) is 24.0 Å². The molecule has 3 aromatic rings. The summed E-state index contributed by atoms with van der Waals surface area (Å²) < 4.78 is 0. The topological polar surface area (TPSA) is 116 Å². The van der Waals surface area contributed by atoms with Crippen molar-refractivity contribution in [2.75, 3.05) is 37.6 Å². The maximum absolute atomic E-state index is 13.4. The molecule has 5 rings (SSSR count). The van der Waals surface area contributed by atoms with Crippen LogP contribution in [0.4, 0.5) is 16.2 Å². The molecule has 184 valence electrons. The molecule has 0 saturated carbocycles. The summed E-state index contributed by atoms with van der Waals surface area (Å²) in [6.45, 7) is 3.25. The van der Waals surface area contributed by atoms with Gasteiger partial charge in [0.2, 0.25) is 5.91 Å². The maximum Gasteiger partial charge on any atom is 0.325 e. The van der Waals surface area contributed by atoms with Crippen LogP contribution < -0.4 is 10.2 Å². The highest BCUT2D eigenvalue weighted by Crippen LogP contribution is 2.34. The van der Waals surface area contributed by atoms with Gasteiger partial charge >= 0.3 is 6.03 Å². The summed E-state index contributed by atoms with van der Waals surface area (Å²) in [4.78, 5) is 54.4. The smallest absolute Gasteiger partial charge is 0.325 e. The number of rotatable bonds is 5. The van der Waals surface area contributed by atoms with Crippen molar-refractivity contribution < 1.29 is 19.3 Å². The summed E-state index contributed by atoms with van der Waals surface area (Å²) in [6, 6.07) is 19.0. The Labute approximate surface area is 207 Å². The summed E-state index contributed by atoms with van der Waals surface area (Å²) in [6.07, 6.45) is 0. The number of carbonyl (C=O) groups excluding carboxylic acids is 3. The highest BCUT2D eigenvalue weighted by molar-refractivity contribution is 6.10. The Bertz CT molecular complexity index is 1360. The number of benzene rings is 3. The predicted octanol–water partition coefficient (Wildman–Crippen LogP) is 2.86. The van der Waals surface area contributed by atoms with Crippen molar-refractivity contribution >= 4 is 40.0 Å². The quantitative estimate of drug-likeness (QED) is 0.336. The first-order valence-electron chi connectivity index (χ1n) is 11.7. The van der Waals surface area contributed by atoms with E-state index in [0.29, 0.717) is 31.7 Å². The van der Waals surface area contributed by atoms with Crippen molar-refractivity contribution in [2.24, 2.45) is 0 Å². The summed E-state index contributed by atoms with van der Waals surface area (Å²) in [5, 5.41) is 15.5. The van der Waals surface area contributed by atoms with Gasteiger partial charge in [-0.15, -0.1) is 0 Å². The summed E-state index contributed by atoms with van der Waals surface area (Å²) in [5.41, 5.74) is 0.280.